The molecule has 1 N–H and O–H groups in total. The Kier molecular flexibility index (Phi) is 3.79. The van der Waals surface area contributed by atoms with E-state index in [2.05, 4.69) is 5.32 Å². The lowest BCUT2D eigenvalue weighted by Gasteiger charge is -2.14. The Morgan fingerprint density at radius 2 is 2.24 bits per heavy atom. The van der Waals surface area contributed by atoms with E-state index in [1.807, 2.05) is 0 Å². The van der Waals surface area contributed by atoms with Crippen LogP contribution in [0.5, 0.6) is 5.75 Å². The third-order valence-electron chi connectivity index (χ3n) is 2.68. The molecular weight excluding hydrogens is 261 g/mol. The van der Waals surface area contributed by atoms with Gasteiger partial charge in [0.2, 0.25) is 0 Å². The van der Waals surface area contributed by atoms with Gasteiger partial charge in [-0.05, 0) is 31.0 Å². The van der Waals surface area contributed by atoms with E-state index in [9.17, 15) is 4.79 Å². The summed E-state index contributed by atoms with van der Waals surface area (Å²) in [5.74, 6) is 0.891. The lowest BCUT2D eigenvalue weighted by Crippen LogP contribution is -2.40. The zero-order valence-corrected chi connectivity index (χ0v) is 10.7. The maximum absolute atomic E-state index is 11.6. The Labute approximate surface area is 110 Å². The molecule has 0 heterocycles. The number of hydrogen-bond donors (Lipinski definition) is 1. The monoisotopic (exact) mass is 273 g/mol. The number of ether oxygens (including phenoxy) is 1. The first kappa shape index (κ1) is 12.5. The Balaban J connectivity index is 1.80. The number of benzene rings is 1. The van der Waals surface area contributed by atoms with Crippen molar-refractivity contribution in [3.05, 3.63) is 29.3 Å². The summed E-state index contributed by atoms with van der Waals surface area (Å²) < 4.78 is 5.33. The molecule has 0 aliphatic heterocycles. The fourth-order valence-electron chi connectivity index (χ4n) is 1.48. The van der Waals surface area contributed by atoms with Crippen LogP contribution in [-0.2, 0) is 4.79 Å². The van der Waals surface area contributed by atoms with E-state index in [4.69, 9.17) is 27.9 Å². The van der Waals surface area contributed by atoms with Crippen molar-refractivity contribution in [3.8, 4) is 5.75 Å². The van der Waals surface area contributed by atoms with Crippen molar-refractivity contribution in [2.75, 3.05) is 12.5 Å². The smallest absolute Gasteiger partial charge is 0.258 e. The van der Waals surface area contributed by atoms with Gasteiger partial charge in [-0.1, -0.05) is 17.7 Å². The van der Waals surface area contributed by atoms with Gasteiger partial charge in [-0.3, -0.25) is 4.79 Å². The van der Waals surface area contributed by atoms with Crippen LogP contribution in [0.15, 0.2) is 24.3 Å². The number of amides is 1. The topological polar surface area (TPSA) is 38.3 Å². The summed E-state index contributed by atoms with van der Waals surface area (Å²) in [5, 5.41) is 3.46. The first-order valence-corrected chi connectivity index (χ1v) is 6.30. The second-order valence-electron chi connectivity index (χ2n) is 4.21. The normalized spacial score (nSPS) is 16.4. The van der Waals surface area contributed by atoms with Crippen molar-refractivity contribution in [2.24, 2.45) is 0 Å². The molecule has 0 saturated heterocycles. The van der Waals surface area contributed by atoms with Crippen LogP contribution < -0.4 is 10.1 Å². The lowest BCUT2D eigenvalue weighted by atomic mass is 10.3. The predicted octanol–water partition coefficient (Wildman–Crippen LogP) is 2.61. The van der Waals surface area contributed by atoms with Gasteiger partial charge in [0, 0.05) is 10.9 Å². The van der Waals surface area contributed by atoms with Crippen molar-refractivity contribution < 1.29 is 9.53 Å². The minimum absolute atomic E-state index is 0.0149. The van der Waals surface area contributed by atoms with E-state index in [1.54, 1.807) is 24.3 Å². The fraction of sp³-hybridized carbons (Fsp3) is 0.417. The summed E-state index contributed by atoms with van der Waals surface area (Å²) in [7, 11) is 0. The van der Waals surface area contributed by atoms with Crippen LogP contribution in [0.1, 0.15) is 12.8 Å². The van der Waals surface area contributed by atoms with Gasteiger partial charge < -0.3 is 10.1 Å². The zero-order chi connectivity index (χ0) is 12.3. The number of carbonyl (C=O) groups is 1. The summed E-state index contributed by atoms with van der Waals surface area (Å²) in [5.41, 5.74) is -0.184. The standard InChI is InChI=1S/C12H13Cl2NO2/c13-8-12(4-5-12)15-11(16)7-17-10-3-1-2-9(14)6-10/h1-3,6H,4-5,7-8H2,(H,15,16). The number of hydrogen-bond acceptors (Lipinski definition) is 2. The van der Waals surface area contributed by atoms with E-state index in [0.29, 0.717) is 16.7 Å². The highest BCUT2D eigenvalue weighted by molar-refractivity contribution is 6.30. The first-order valence-electron chi connectivity index (χ1n) is 5.39. The van der Waals surface area contributed by atoms with Crippen molar-refractivity contribution >= 4 is 29.1 Å². The molecule has 0 aromatic heterocycles. The fourth-order valence-corrected chi connectivity index (χ4v) is 1.99. The summed E-state index contributed by atoms with van der Waals surface area (Å²) in [6, 6.07) is 6.95. The Morgan fingerprint density at radius 1 is 1.47 bits per heavy atom. The van der Waals surface area contributed by atoms with Gasteiger partial charge in [-0.25, -0.2) is 0 Å². The molecular formula is C12H13Cl2NO2. The Morgan fingerprint density at radius 3 is 2.82 bits per heavy atom. The largest absolute Gasteiger partial charge is 0.484 e. The third-order valence-corrected chi connectivity index (χ3v) is 3.43. The molecule has 92 valence electrons. The molecule has 0 bridgehead atoms. The molecule has 1 aromatic rings. The average Bonchev–Trinajstić information content (AvgIpc) is 3.07. The molecule has 0 spiro atoms. The minimum Gasteiger partial charge on any atom is -0.484 e. The van der Waals surface area contributed by atoms with Crippen LogP contribution in [0.4, 0.5) is 0 Å². The molecule has 0 atom stereocenters. The number of nitrogens with one attached hydrogen (secondary N) is 1. The summed E-state index contributed by atoms with van der Waals surface area (Å²) in [6.45, 7) is -0.0149. The maximum Gasteiger partial charge on any atom is 0.258 e. The number of halogens is 2. The molecule has 1 fully saturated rings. The van der Waals surface area contributed by atoms with Gasteiger partial charge in [-0.2, -0.15) is 0 Å². The Bertz CT molecular complexity index is 419. The molecule has 3 nitrogen and oxygen atoms in total. The Hall–Kier alpha value is -0.930. The predicted molar refractivity (Wildman–Crippen MR) is 67.8 cm³/mol. The van der Waals surface area contributed by atoms with Crippen molar-refractivity contribution in [1.82, 2.24) is 5.32 Å². The molecule has 0 unspecified atom stereocenters. The van der Waals surface area contributed by atoms with Crippen LogP contribution in [0.25, 0.3) is 0 Å². The molecule has 1 aliphatic carbocycles. The van der Waals surface area contributed by atoms with E-state index >= 15 is 0 Å². The number of alkyl halides is 1. The van der Waals surface area contributed by atoms with Crippen LogP contribution in [-0.4, -0.2) is 23.9 Å². The minimum atomic E-state index is -0.184. The molecule has 1 aromatic carbocycles. The maximum atomic E-state index is 11.6. The molecule has 1 aliphatic rings. The highest BCUT2D eigenvalue weighted by Crippen LogP contribution is 2.36. The zero-order valence-electron chi connectivity index (χ0n) is 9.21. The van der Waals surface area contributed by atoms with Gasteiger partial charge in [0.25, 0.3) is 5.91 Å². The third kappa shape index (κ3) is 3.51. The molecule has 0 radical (unpaired) electrons. The SMILES string of the molecule is O=C(COc1cccc(Cl)c1)NC1(CCl)CC1. The van der Waals surface area contributed by atoms with Gasteiger partial charge in [0.15, 0.2) is 6.61 Å². The first-order chi connectivity index (χ1) is 8.13. The molecule has 1 saturated carbocycles. The highest BCUT2D eigenvalue weighted by atomic mass is 35.5. The van der Waals surface area contributed by atoms with Crippen LogP contribution in [0.3, 0.4) is 0 Å². The molecule has 1 amide bonds. The summed E-state index contributed by atoms with van der Waals surface area (Å²) in [6.07, 6.45) is 1.89. The van der Waals surface area contributed by atoms with Gasteiger partial charge in [-0.15, -0.1) is 11.6 Å². The van der Waals surface area contributed by atoms with Crippen molar-refractivity contribution in [2.45, 2.75) is 18.4 Å². The van der Waals surface area contributed by atoms with Crippen LogP contribution in [0.2, 0.25) is 5.02 Å². The van der Waals surface area contributed by atoms with E-state index in [0.717, 1.165) is 12.8 Å². The second-order valence-corrected chi connectivity index (χ2v) is 4.91. The van der Waals surface area contributed by atoms with Crippen molar-refractivity contribution in [1.29, 1.82) is 0 Å². The summed E-state index contributed by atoms with van der Waals surface area (Å²) >= 11 is 11.6. The molecule has 17 heavy (non-hydrogen) atoms. The lowest BCUT2D eigenvalue weighted by molar-refractivity contribution is -0.123. The number of carbonyl (C=O) groups excluding carboxylic acids is 1. The van der Waals surface area contributed by atoms with Crippen LogP contribution in [0, 0.1) is 0 Å². The van der Waals surface area contributed by atoms with Gasteiger partial charge in [0.05, 0.1) is 5.54 Å². The van der Waals surface area contributed by atoms with Crippen molar-refractivity contribution in [3.63, 3.8) is 0 Å². The summed E-state index contributed by atoms with van der Waals surface area (Å²) in [4.78, 5) is 11.6. The molecule has 5 heteroatoms. The van der Waals surface area contributed by atoms with Crippen LogP contribution >= 0.6 is 23.2 Å². The quantitative estimate of drug-likeness (QED) is 0.838. The molecule has 2 rings (SSSR count). The second kappa shape index (κ2) is 5.15. The average molecular weight is 274 g/mol. The van der Waals surface area contributed by atoms with E-state index in [-0.39, 0.29) is 18.1 Å². The van der Waals surface area contributed by atoms with Gasteiger partial charge >= 0.3 is 0 Å². The van der Waals surface area contributed by atoms with E-state index in [1.165, 1.54) is 0 Å². The van der Waals surface area contributed by atoms with Gasteiger partial charge in [0.1, 0.15) is 5.75 Å². The van der Waals surface area contributed by atoms with E-state index < -0.39 is 0 Å². The highest BCUT2D eigenvalue weighted by Gasteiger charge is 2.43. The number of rotatable bonds is 5.